The van der Waals surface area contributed by atoms with Crippen LogP contribution in [0, 0.1) is 0 Å². The molecular weight excluding hydrogens is 268 g/mol. The van der Waals surface area contributed by atoms with Crippen molar-refractivity contribution in [2.24, 2.45) is 0 Å². The minimum absolute atomic E-state index is 0.105. The minimum atomic E-state index is 0.105. The largest absolute Gasteiger partial charge is 0.504 e. The summed E-state index contributed by atoms with van der Waals surface area (Å²) in [6.45, 7) is 6.68. The second-order valence-electron chi connectivity index (χ2n) is 5.17. The highest BCUT2D eigenvalue weighted by Gasteiger charge is 2.15. The van der Waals surface area contributed by atoms with E-state index in [9.17, 15) is 9.90 Å². The van der Waals surface area contributed by atoms with E-state index in [-0.39, 0.29) is 11.7 Å². The maximum Gasteiger partial charge on any atom is 0.221 e. The van der Waals surface area contributed by atoms with Crippen LogP contribution in [0.3, 0.4) is 0 Å². The van der Waals surface area contributed by atoms with Crippen LogP contribution in [0.25, 0.3) is 0 Å². The van der Waals surface area contributed by atoms with Gasteiger partial charge in [-0.25, -0.2) is 0 Å². The average Bonchev–Trinajstić information content (AvgIpc) is 2.67. The lowest BCUT2D eigenvalue weighted by atomic mass is 10.1. The smallest absolute Gasteiger partial charge is 0.221 e. The Balaban J connectivity index is 2.16. The third kappa shape index (κ3) is 3.98. The Bertz CT molecular complexity index is 528. The van der Waals surface area contributed by atoms with E-state index in [2.05, 4.69) is 16.8 Å². The number of amides is 1. The number of phenolic OH excluding ortho intramolecular Hbond substituents is 1. The molecule has 5 heteroatoms. The number of methoxy groups -OCH3 is 1. The molecule has 0 radical (unpaired) electrons. The standard InChI is InChI=1S/C16H22N2O3/c1-3-4-13-9-12(10-14(21-2)16(13)20)11-18-7-5-15(19)17-6-8-18/h3,9-10,20H,1,4-8,11H2,2H3,(H,17,19). The van der Waals surface area contributed by atoms with Gasteiger partial charge in [-0.1, -0.05) is 12.1 Å². The van der Waals surface area contributed by atoms with Crippen LogP contribution in [0.4, 0.5) is 0 Å². The summed E-state index contributed by atoms with van der Waals surface area (Å²) in [5, 5.41) is 13.0. The van der Waals surface area contributed by atoms with E-state index < -0.39 is 0 Å². The van der Waals surface area contributed by atoms with E-state index in [1.54, 1.807) is 13.2 Å². The first kappa shape index (κ1) is 15.4. The molecule has 1 aliphatic rings. The molecule has 1 fully saturated rings. The normalized spacial score (nSPS) is 16.1. The molecule has 1 amide bonds. The molecule has 0 atom stereocenters. The monoisotopic (exact) mass is 290 g/mol. The fourth-order valence-electron chi connectivity index (χ4n) is 2.52. The molecule has 0 saturated carbocycles. The zero-order chi connectivity index (χ0) is 15.2. The first-order valence-electron chi connectivity index (χ1n) is 7.12. The molecule has 114 valence electrons. The van der Waals surface area contributed by atoms with Crippen molar-refractivity contribution >= 4 is 5.91 Å². The first-order chi connectivity index (χ1) is 10.1. The third-order valence-electron chi connectivity index (χ3n) is 3.61. The molecule has 1 aromatic rings. The van der Waals surface area contributed by atoms with Gasteiger partial charge in [0.05, 0.1) is 7.11 Å². The molecule has 0 bridgehead atoms. The van der Waals surface area contributed by atoms with Crippen molar-refractivity contribution in [1.29, 1.82) is 0 Å². The quantitative estimate of drug-likeness (QED) is 0.806. The van der Waals surface area contributed by atoms with Crippen LogP contribution >= 0.6 is 0 Å². The van der Waals surface area contributed by atoms with Crippen molar-refractivity contribution in [2.75, 3.05) is 26.7 Å². The number of carbonyl (C=O) groups excluding carboxylic acids is 1. The number of nitrogens with one attached hydrogen (secondary N) is 1. The molecule has 5 nitrogen and oxygen atoms in total. The van der Waals surface area contributed by atoms with E-state index in [1.165, 1.54) is 0 Å². The maximum absolute atomic E-state index is 11.4. The van der Waals surface area contributed by atoms with Gasteiger partial charge in [-0.2, -0.15) is 0 Å². The van der Waals surface area contributed by atoms with Crippen LogP contribution < -0.4 is 10.1 Å². The summed E-state index contributed by atoms with van der Waals surface area (Å²) in [6.07, 6.45) is 2.87. The fraction of sp³-hybridized carbons (Fsp3) is 0.438. The summed E-state index contributed by atoms with van der Waals surface area (Å²) in [5.74, 6) is 0.760. The zero-order valence-corrected chi connectivity index (χ0v) is 12.4. The van der Waals surface area contributed by atoms with E-state index in [1.807, 2.05) is 12.1 Å². The van der Waals surface area contributed by atoms with Gasteiger partial charge in [0.1, 0.15) is 0 Å². The number of allylic oxidation sites excluding steroid dienone is 1. The molecule has 0 unspecified atom stereocenters. The van der Waals surface area contributed by atoms with E-state index in [4.69, 9.17) is 4.74 Å². The summed E-state index contributed by atoms with van der Waals surface area (Å²) < 4.78 is 5.23. The number of ether oxygens (including phenoxy) is 1. The van der Waals surface area contributed by atoms with Gasteiger partial charge < -0.3 is 15.2 Å². The number of carbonyl (C=O) groups is 1. The third-order valence-corrected chi connectivity index (χ3v) is 3.61. The van der Waals surface area contributed by atoms with Crippen molar-refractivity contribution in [2.45, 2.75) is 19.4 Å². The van der Waals surface area contributed by atoms with Gasteiger partial charge in [-0.3, -0.25) is 9.69 Å². The number of benzene rings is 1. The molecule has 1 aliphatic heterocycles. The van der Waals surface area contributed by atoms with Gasteiger partial charge in [0.15, 0.2) is 11.5 Å². The molecule has 0 spiro atoms. The van der Waals surface area contributed by atoms with Crippen LogP contribution in [0.5, 0.6) is 11.5 Å². The molecule has 21 heavy (non-hydrogen) atoms. The Morgan fingerprint density at radius 1 is 1.48 bits per heavy atom. The zero-order valence-electron chi connectivity index (χ0n) is 12.4. The lowest BCUT2D eigenvalue weighted by molar-refractivity contribution is -0.120. The Hall–Kier alpha value is -2.01. The predicted molar refractivity (Wildman–Crippen MR) is 81.5 cm³/mol. The molecule has 1 aromatic carbocycles. The predicted octanol–water partition coefficient (Wildman–Crippen LogP) is 1.45. The molecule has 2 N–H and O–H groups in total. The maximum atomic E-state index is 11.4. The van der Waals surface area contributed by atoms with Crippen LogP contribution in [0.1, 0.15) is 17.5 Å². The van der Waals surface area contributed by atoms with E-state index in [0.717, 1.165) is 30.8 Å². The first-order valence-corrected chi connectivity index (χ1v) is 7.12. The Labute approximate surface area is 125 Å². The molecule has 2 rings (SSSR count). The van der Waals surface area contributed by atoms with Gasteiger partial charge in [0.2, 0.25) is 5.91 Å². The number of hydrogen-bond donors (Lipinski definition) is 2. The Kier molecular flexibility index (Phi) is 5.22. The van der Waals surface area contributed by atoms with Crippen LogP contribution in [0.15, 0.2) is 24.8 Å². The number of phenols is 1. The lowest BCUT2D eigenvalue weighted by Crippen LogP contribution is -2.28. The highest BCUT2D eigenvalue weighted by atomic mass is 16.5. The van der Waals surface area contributed by atoms with E-state index in [0.29, 0.717) is 25.1 Å². The molecule has 0 aromatic heterocycles. The van der Waals surface area contributed by atoms with Crippen molar-refractivity contribution < 1.29 is 14.6 Å². The Morgan fingerprint density at radius 2 is 2.29 bits per heavy atom. The topological polar surface area (TPSA) is 61.8 Å². The second-order valence-corrected chi connectivity index (χ2v) is 5.17. The second kappa shape index (κ2) is 7.13. The minimum Gasteiger partial charge on any atom is -0.504 e. The van der Waals surface area contributed by atoms with Crippen LogP contribution in [-0.2, 0) is 17.8 Å². The number of hydrogen-bond acceptors (Lipinski definition) is 4. The summed E-state index contributed by atoms with van der Waals surface area (Å²) >= 11 is 0. The number of rotatable bonds is 5. The molecule has 1 heterocycles. The van der Waals surface area contributed by atoms with Gasteiger partial charge in [0.25, 0.3) is 0 Å². The van der Waals surface area contributed by atoms with Crippen molar-refractivity contribution in [1.82, 2.24) is 10.2 Å². The highest BCUT2D eigenvalue weighted by Crippen LogP contribution is 2.32. The number of nitrogens with zero attached hydrogens (tertiary/aromatic N) is 1. The number of aromatic hydroxyl groups is 1. The lowest BCUT2D eigenvalue weighted by Gasteiger charge is -2.20. The molecular formula is C16H22N2O3. The summed E-state index contributed by atoms with van der Waals surface area (Å²) in [7, 11) is 1.55. The van der Waals surface area contributed by atoms with Crippen molar-refractivity contribution in [3.63, 3.8) is 0 Å². The van der Waals surface area contributed by atoms with Crippen LogP contribution in [0.2, 0.25) is 0 Å². The SMILES string of the molecule is C=CCc1cc(CN2CCNC(=O)CC2)cc(OC)c1O. The Morgan fingerprint density at radius 3 is 3.00 bits per heavy atom. The van der Waals surface area contributed by atoms with E-state index >= 15 is 0 Å². The van der Waals surface area contributed by atoms with Crippen molar-refractivity contribution in [3.05, 3.63) is 35.9 Å². The van der Waals surface area contributed by atoms with Crippen molar-refractivity contribution in [3.8, 4) is 11.5 Å². The summed E-state index contributed by atoms with van der Waals surface area (Å²) in [5.41, 5.74) is 1.87. The van der Waals surface area contributed by atoms with Gasteiger partial charge in [-0.15, -0.1) is 6.58 Å². The summed E-state index contributed by atoms with van der Waals surface area (Å²) in [4.78, 5) is 13.6. The molecule has 0 aliphatic carbocycles. The highest BCUT2D eigenvalue weighted by molar-refractivity contribution is 5.76. The average molecular weight is 290 g/mol. The summed E-state index contributed by atoms with van der Waals surface area (Å²) in [6, 6.07) is 3.82. The van der Waals surface area contributed by atoms with Gasteiger partial charge in [0, 0.05) is 38.2 Å². The van der Waals surface area contributed by atoms with Crippen LogP contribution in [-0.4, -0.2) is 42.7 Å². The fourth-order valence-corrected chi connectivity index (χ4v) is 2.52. The van der Waals surface area contributed by atoms with Gasteiger partial charge in [-0.05, 0) is 18.1 Å². The van der Waals surface area contributed by atoms with Gasteiger partial charge >= 0.3 is 0 Å². The molecule has 1 saturated heterocycles.